The molecule has 4 rings (SSSR count). The van der Waals surface area contributed by atoms with Gasteiger partial charge < -0.3 is 11.1 Å². The highest BCUT2D eigenvalue weighted by Crippen LogP contribution is 2.42. The van der Waals surface area contributed by atoms with Crippen LogP contribution in [0.3, 0.4) is 0 Å². The first-order valence-electron chi connectivity index (χ1n) is 10.3. The molecule has 4 atom stereocenters. The average Bonchev–Trinajstić information content (AvgIpc) is 2.62. The zero-order valence-electron chi connectivity index (χ0n) is 15.6. The Bertz CT molecular complexity index is 579. The van der Waals surface area contributed by atoms with Crippen molar-refractivity contribution in [3.05, 3.63) is 35.9 Å². The standard InChI is InChI=1S/C22H32N2O.ClH/c23-21-16-9-6-10-17(21)14-18(13-16)22(25)24-20-12-5-4-11-19(20)15-7-2-1-3-8-15;/h1-3,7-8,16-21H,4-6,9-14,23H2,(H,24,25);1H. The lowest BCUT2D eigenvalue weighted by atomic mass is 9.65. The zero-order chi connectivity index (χ0) is 17.2. The lowest BCUT2D eigenvalue weighted by Crippen LogP contribution is -2.51. The lowest BCUT2D eigenvalue weighted by molar-refractivity contribution is -0.129. The number of nitrogens with two attached hydrogens (primary N) is 1. The second kappa shape index (κ2) is 8.75. The molecule has 1 aromatic rings. The Labute approximate surface area is 163 Å². The first-order chi connectivity index (χ1) is 12.2. The summed E-state index contributed by atoms with van der Waals surface area (Å²) in [6.07, 6.45) is 10.6. The minimum Gasteiger partial charge on any atom is -0.353 e. The molecule has 3 aliphatic rings. The molecule has 3 N–H and O–H groups in total. The van der Waals surface area contributed by atoms with Crippen molar-refractivity contribution >= 4 is 18.3 Å². The monoisotopic (exact) mass is 376 g/mol. The Kier molecular flexibility index (Phi) is 6.63. The van der Waals surface area contributed by atoms with E-state index >= 15 is 0 Å². The van der Waals surface area contributed by atoms with Crippen molar-refractivity contribution in [2.45, 2.75) is 75.8 Å². The molecule has 1 aromatic carbocycles. The SMILES string of the molecule is Cl.NC1C2CCCC1CC(C(=O)NC1CCCCC1c1ccccc1)C2. The molecule has 0 aromatic heterocycles. The molecule has 4 unspecified atom stereocenters. The van der Waals surface area contributed by atoms with Gasteiger partial charge in [-0.2, -0.15) is 0 Å². The van der Waals surface area contributed by atoms with E-state index in [2.05, 4.69) is 35.6 Å². The van der Waals surface area contributed by atoms with Gasteiger partial charge in [0.15, 0.2) is 0 Å². The summed E-state index contributed by atoms with van der Waals surface area (Å²) in [5.74, 6) is 2.10. The van der Waals surface area contributed by atoms with Gasteiger partial charge in [-0.05, 0) is 55.9 Å². The first-order valence-corrected chi connectivity index (χ1v) is 10.3. The number of hydrogen-bond donors (Lipinski definition) is 2. The van der Waals surface area contributed by atoms with Gasteiger partial charge in [0.05, 0.1) is 0 Å². The Morgan fingerprint density at radius 1 is 0.923 bits per heavy atom. The van der Waals surface area contributed by atoms with Gasteiger partial charge in [-0.25, -0.2) is 0 Å². The summed E-state index contributed by atoms with van der Waals surface area (Å²) < 4.78 is 0. The maximum atomic E-state index is 13.0. The molecule has 0 spiro atoms. The van der Waals surface area contributed by atoms with E-state index in [0.29, 0.717) is 35.7 Å². The van der Waals surface area contributed by atoms with Gasteiger partial charge in [0.1, 0.15) is 0 Å². The normalized spacial score (nSPS) is 36.7. The molecule has 1 amide bonds. The maximum Gasteiger partial charge on any atom is 0.223 e. The molecule has 144 valence electrons. The average molecular weight is 377 g/mol. The summed E-state index contributed by atoms with van der Waals surface area (Å²) in [6.45, 7) is 0. The number of carbonyl (C=O) groups is 1. The predicted molar refractivity (Wildman–Crippen MR) is 108 cm³/mol. The van der Waals surface area contributed by atoms with Crippen LogP contribution in [0.4, 0.5) is 0 Å². The van der Waals surface area contributed by atoms with Crippen LogP contribution in [-0.4, -0.2) is 18.0 Å². The van der Waals surface area contributed by atoms with Crippen LogP contribution in [0.15, 0.2) is 30.3 Å². The number of amides is 1. The van der Waals surface area contributed by atoms with E-state index in [1.807, 2.05) is 0 Å². The van der Waals surface area contributed by atoms with Gasteiger partial charge in [-0.3, -0.25) is 4.79 Å². The number of nitrogens with one attached hydrogen (secondary N) is 1. The number of fused-ring (bicyclic) bond motifs is 2. The van der Waals surface area contributed by atoms with Crippen LogP contribution >= 0.6 is 12.4 Å². The summed E-state index contributed by atoms with van der Waals surface area (Å²) in [5.41, 5.74) is 7.78. The van der Waals surface area contributed by atoms with Crippen LogP contribution in [0.2, 0.25) is 0 Å². The molecule has 0 radical (unpaired) electrons. The third-order valence-electron chi connectivity index (χ3n) is 7.11. The number of rotatable bonds is 3. The molecular weight excluding hydrogens is 344 g/mol. The highest BCUT2D eigenvalue weighted by molar-refractivity contribution is 5.85. The number of carbonyl (C=O) groups excluding carboxylic acids is 1. The Morgan fingerprint density at radius 2 is 1.58 bits per heavy atom. The summed E-state index contributed by atoms with van der Waals surface area (Å²) >= 11 is 0. The van der Waals surface area contributed by atoms with Gasteiger partial charge >= 0.3 is 0 Å². The third kappa shape index (κ3) is 4.09. The van der Waals surface area contributed by atoms with Gasteiger partial charge in [0.2, 0.25) is 5.91 Å². The van der Waals surface area contributed by atoms with Crippen molar-refractivity contribution in [2.24, 2.45) is 23.5 Å². The molecular formula is C22H33ClN2O. The van der Waals surface area contributed by atoms with Crippen LogP contribution in [0.25, 0.3) is 0 Å². The molecule has 3 fully saturated rings. The summed E-state index contributed by atoms with van der Waals surface area (Å²) in [7, 11) is 0. The van der Waals surface area contributed by atoms with E-state index < -0.39 is 0 Å². The Hall–Kier alpha value is -1.06. The molecule has 0 aliphatic heterocycles. The molecule has 26 heavy (non-hydrogen) atoms. The second-order valence-electron chi connectivity index (χ2n) is 8.61. The van der Waals surface area contributed by atoms with Crippen LogP contribution in [-0.2, 0) is 4.79 Å². The zero-order valence-corrected chi connectivity index (χ0v) is 16.4. The van der Waals surface area contributed by atoms with Crippen LogP contribution in [0.1, 0.15) is 69.3 Å². The Morgan fingerprint density at radius 3 is 2.27 bits per heavy atom. The highest BCUT2D eigenvalue weighted by Gasteiger charge is 2.41. The third-order valence-corrected chi connectivity index (χ3v) is 7.11. The van der Waals surface area contributed by atoms with Crippen LogP contribution in [0, 0.1) is 17.8 Å². The van der Waals surface area contributed by atoms with Crippen molar-refractivity contribution < 1.29 is 4.79 Å². The van der Waals surface area contributed by atoms with Gasteiger partial charge in [-0.15, -0.1) is 12.4 Å². The van der Waals surface area contributed by atoms with E-state index in [4.69, 9.17) is 5.73 Å². The highest BCUT2D eigenvalue weighted by atomic mass is 35.5. The molecule has 0 heterocycles. The Balaban J connectivity index is 0.00000196. The second-order valence-corrected chi connectivity index (χ2v) is 8.61. The van der Waals surface area contributed by atoms with E-state index in [1.54, 1.807) is 0 Å². The number of hydrogen-bond acceptors (Lipinski definition) is 2. The van der Waals surface area contributed by atoms with E-state index in [-0.39, 0.29) is 18.3 Å². The molecule has 4 heteroatoms. The predicted octanol–water partition coefficient (Wildman–Crippen LogP) is 4.40. The molecule has 2 bridgehead atoms. The van der Waals surface area contributed by atoms with Crippen molar-refractivity contribution in [1.82, 2.24) is 5.32 Å². The summed E-state index contributed by atoms with van der Waals surface area (Å²) in [6, 6.07) is 11.4. The van der Waals surface area contributed by atoms with E-state index in [0.717, 1.165) is 19.3 Å². The lowest BCUT2D eigenvalue weighted by Gasteiger charge is -2.44. The topological polar surface area (TPSA) is 55.1 Å². The minimum absolute atomic E-state index is 0. The van der Waals surface area contributed by atoms with E-state index in [1.165, 1.54) is 44.1 Å². The van der Waals surface area contributed by atoms with Crippen molar-refractivity contribution in [3.63, 3.8) is 0 Å². The molecule has 3 saturated carbocycles. The molecule has 3 aliphatic carbocycles. The fraction of sp³-hybridized carbons (Fsp3) is 0.682. The van der Waals surface area contributed by atoms with Gasteiger partial charge in [-0.1, -0.05) is 49.6 Å². The van der Waals surface area contributed by atoms with Crippen molar-refractivity contribution in [2.75, 3.05) is 0 Å². The van der Waals surface area contributed by atoms with Gasteiger partial charge in [0, 0.05) is 23.9 Å². The maximum absolute atomic E-state index is 13.0. The van der Waals surface area contributed by atoms with E-state index in [9.17, 15) is 4.79 Å². The smallest absolute Gasteiger partial charge is 0.223 e. The fourth-order valence-electron chi connectivity index (χ4n) is 5.71. The largest absolute Gasteiger partial charge is 0.353 e. The van der Waals surface area contributed by atoms with Crippen LogP contribution in [0.5, 0.6) is 0 Å². The number of benzene rings is 1. The van der Waals surface area contributed by atoms with Crippen molar-refractivity contribution in [3.8, 4) is 0 Å². The summed E-state index contributed by atoms with van der Waals surface area (Å²) in [4.78, 5) is 13.0. The quantitative estimate of drug-likeness (QED) is 0.821. The molecule has 0 saturated heterocycles. The minimum atomic E-state index is 0. The van der Waals surface area contributed by atoms with Crippen LogP contribution < -0.4 is 11.1 Å². The molecule has 3 nitrogen and oxygen atoms in total. The number of halogens is 1. The first kappa shape index (κ1) is 19.7. The summed E-state index contributed by atoms with van der Waals surface area (Å²) in [5, 5.41) is 3.46. The van der Waals surface area contributed by atoms with Gasteiger partial charge in [0.25, 0.3) is 0 Å². The van der Waals surface area contributed by atoms with Crippen molar-refractivity contribution in [1.29, 1.82) is 0 Å². The fourth-order valence-corrected chi connectivity index (χ4v) is 5.71.